The van der Waals surface area contributed by atoms with Crippen LogP contribution in [0.1, 0.15) is 11.1 Å². The molecule has 22 rings (SSSR count). The van der Waals surface area contributed by atoms with Gasteiger partial charge in [0.15, 0.2) is 36.7 Å². The molecule has 0 atom stereocenters. The van der Waals surface area contributed by atoms with E-state index in [0.29, 0.717) is 40.4 Å². The molecule has 16 nitrogen and oxygen atoms in total. The van der Waals surface area contributed by atoms with Gasteiger partial charge in [0.1, 0.15) is 46.3 Å². The SMILES string of the molecule is Cc1cccc2c1OC[n+]1ccccc1-2.Cc1cccc2c1OC[n+]1cccnc1-2.c1c[nH]c(-c2cccc3c2OC[n+]2ccccc2-3)c1.c1ccc(-c2cccc3c2OC[n+]2ccccc2-3)nc1.c1coc(-c2cccc3c2OC[n+]2ccccc2-3)c1.c1csc(-c2cccc3c2OC[n+]2ccccc2-3)c1. The highest BCUT2D eigenvalue weighted by Gasteiger charge is 2.32. The summed E-state index contributed by atoms with van der Waals surface area (Å²) in [6.45, 7) is 7.48. The van der Waals surface area contributed by atoms with Gasteiger partial charge in [0.05, 0.1) is 51.5 Å². The summed E-state index contributed by atoms with van der Waals surface area (Å²) in [5, 5.41) is 2.10. The van der Waals surface area contributed by atoms with E-state index in [1.165, 1.54) is 44.3 Å². The zero-order valence-electron chi connectivity index (χ0n) is 58.8. The number of rotatable bonds is 4. The highest BCUT2D eigenvalue weighted by Crippen LogP contribution is 2.45. The van der Waals surface area contributed by atoms with Crippen LogP contribution in [0.4, 0.5) is 0 Å². The minimum atomic E-state index is 0.529. The molecule has 10 aromatic heterocycles. The number of nitrogens with one attached hydrogen (secondary N) is 1. The number of pyridine rings is 6. The topological polar surface area (TPSA) is 133 Å². The van der Waals surface area contributed by atoms with Crippen LogP contribution in [0.5, 0.6) is 34.5 Å². The third kappa shape index (κ3) is 13.6. The Labute approximate surface area is 623 Å². The number of aromatic nitrogens is 9. The van der Waals surface area contributed by atoms with Crippen LogP contribution in [0.25, 0.3) is 112 Å². The number of nitrogens with zero attached hydrogens (tertiary/aromatic N) is 8. The first-order valence-electron chi connectivity index (χ1n) is 35.4. The zero-order chi connectivity index (χ0) is 71.8. The van der Waals surface area contributed by atoms with Crippen LogP contribution in [-0.2, 0) is 40.4 Å². The second-order valence-electron chi connectivity index (χ2n) is 25.7. The van der Waals surface area contributed by atoms with Crippen molar-refractivity contribution in [1.29, 1.82) is 0 Å². The standard InChI is InChI=1S/C17H13N2O.C16H13N2O.C16H12NO2.C16H12NOS.C13H12NO.C12H11N2O/c1-3-10-18-15(8-1)13-6-5-7-14-16-9-2-4-11-19(16)12-20-17(13)14;1-2-10-18-11-19-16-12(14-7-4-9-17-14)5-3-6-13(16)15(18)8-1;1-2-9-17-11-19-16-12(14(17)7-1)5-3-6-13(16)15-8-4-10-18-15;1-2-9-17-11-18-16-12(14(17)7-1)5-3-6-13(16)15-8-4-10-19-15;1-10-5-4-6-11-12-7-2-3-8-14(12)9-15-13(10)11;1-9-4-2-5-10-11(9)15-8-14-7-3-6-13-12(10)14/h1-11H,12H2;1-10,17H,11H2;2*1-10H,11H2;2-8H,9H2,1H3;2-7H,8H2,1H3/q6*+1. The fraction of sp³-hybridized carbons (Fsp3) is 0.0889. The van der Waals surface area contributed by atoms with Crippen LogP contribution in [0.2, 0.25) is 0 Å². The minimum absolute atomic E-state index is 0.529. The van der Waals surface area contributed by atoms with E-state index < -0.39 is 0 Å². The molecule has 1 N–H and O–H groups in total. The third-order valence-electron chi connectivity index (χ3n) is 19.1. The maximum absolute atomic E-state index is 5.97. The summed E-state index contributed by atoms with van der Waals surface area (Å²) in [5.41, 5.74) is 21.4. The number of aryl methyl sites for hydroxylation is 2. The Bertz CT molecular complexity index is 5440. The molecule has 16 heterocycles. The number of thiophene rings is 1. The predicted molar refractivity (Wildman–Crippen MR) is 408 cm³/mol. The summed E-state index contributed by atoms with van der Waals surface area (Å²) in [5.74, 6) is 7.54. The van der Waals surface area contributed by atoms with Gasteiger partial charge in [-0.2, -0.15) is 27.4 Å². The van der Waals surface area contributed by atoms with E-state index >= 15 is 0 Å². The zero-order valence-corrected chi connectivity index (χ0v) is 59.6. The number of hydrogen-bond donors (Lipinski definition) is 1. The normalized spacial score (nSPS) is 12.4. The maximum atomic E-state index is 5.97. The number of benzene rings is 6. The fourth-order valence-corrected chi connectivity index (χ4v) is 14.8. The predicted octanol–water partition coefficient (Wildman–Crippen LogP) is 17.0. The lowest BCUT2D eigenvalue weighted by Crippen LogP contribution is -2.42. The summed E-state index contributed by atoms with van der Waals surface area (Å²) in [7, 11) is 0. The molecular formula is C90H73N9O7S+6. The number of ether oxygens (including phenoxy) is 6. The van der Waals surface area contributed by atoms with Crippen molar-refractivity contribution >= 4 is 11.3 Å². The van der Waals surface area contributed by atoms with E-state index in [0.717, 1.165) is 113 Å². The van der Waals surface area contributed by atoms with Crippen LogP contribution in [0, 0.1) is 13.8 Å². The van der Waals surface area contributed by atoms with Crippen molar-refractivity contribution < 1.29 is 60.2 Å². The molecule has 0 saturated heterocycles. The van der Waals surface area contributed by atoms with Crippen LogP contribution in [0.3, 0.4) is 0 Å². The van der Waals surface area contributed by atoms with Crippen molar-refractivity contribution in [3.05, 3.63) is 339 Å². The molecule has 17 heteroatoms. The van der Waals surface area contributed by atoms with Gasteiger partial charge >= 0.3 is 5.82 Å². The molecule has 107 heavy (non-hydrogen) atoms. The molecular weight excluding hydrogens is 1350 g/mol. The summed E-state index contributed by atoms with van der Waals surface area (Å²) < 4.78 is 53.3. The molecule has 0 radical (unpaired) electrons. The molecule has 0 bridgehead atoms. The lowest BCUT2D eigenvalue weighted by Gasteiger charge is -2.18. The van der Waals surface area contributed by atoms with Gasteiger partial charge in [0, 0.05) is 106 Å². The molecule has 6 aliphatic heterocycles. The van der Waals surface area contributed by atoms with Crippen molar-refractivity contribution in [2.75, 3.05) is 0 Å². The Hall–Kier alpha value is -13.6. The number of hydrogen-bond acceptors (Lipinski definition) is 10. The minimum Gasteiger partial charge on any atom is -0.464 e. The van der Waals surface area contributed by atoms with Crippen LogP contribution in [0.15, 0.2) is 333 Å². The quantitative estimate of drug-likeness (QED) is 0.171. The van der Waals surface area contributed by atoms with Gasteiger partial charge in [-0.1, -0.05) is 60.7 Å². The highest BCUT2D eigenvalue weighted by molar-refractivity contribution is 7.13. The van der Waals surface area contributed by atoms with E-state index in [2.05, 4.69) is 215 Å². The molecule has 16 aromatic rings. The van der Waals surface area contributed by atoms with E-state index in [1.807, 2.05) is 157 Å². The Kier molecular flexibility index (Phi) is 18.9. The average Bonchev–Trinajstić information content (AvgIpc) is 1.76. The van der Waals surface area contributed by atoms with Gasteiger partial charge < -0.3 is 37.8 Å². The van der Waals surface area contributed by atoms with Gasteiger partial charge in [-0.05, 0) is 169 Å². The van der Waals surface area contributed by atoms with E-state index in [4.69, 9.17) is 32.8 Å². The molecule has 0 unspecified atom stereocenters. The molecule has 0 aliphatic carbocycles. The van der Waals surface area contributed by atoms with E-state index in [1.54, 1.807) is 23.8 Å². The molecule has 520 valence electrons. The molecule has 0 amide bonds. The molecule has 0 saturated carbocycles. The summed E-state index contributed by atoms with van der Waals surface area (Å²) in [6, 6.07) is 88.2. The van der Waals surface area contributed by atoms with Crippen molar-refractivity contribution in [3.63, 3.8) is 0 Å². The van der Waals surface area contributed by atoms with E-state index in [9.17, 15) is 0 Å². The molecule has 6 aliphatic rings. The third-order valence-corrected chi connectivity index (χ3v) is 20.0. The van der Waals surface area contributed by atoms with Gasteiger partial charge in [-0.3, -0.25) is 4.98 Å². The maximum Gasteiger partial charge on any atom is 0.336 e. The van der Waals surface area contributed by atoms with Crippen LogP contribution >= 0.6 is 11.3 Å². The van der Waals surface area contributed by atoms with Gasteiger partial charge in [-0.25, -0.2) is 0 Å². The number of fused-ring (bicyclic) bond motifs is 18. The molecule has 0 spiro atoms. The first-order chi connectivity index (χ1) is 53.0. The average molecular weight is 1420 g/mol. The van der Waals surface area contributed by atoms with Crippen LogP contribution in [-0.4, -0.2) is 15.0 Å². The van der Waals surface area contributed by atoms with E-state index in [-0.39, 0.29) is 0 Å². The number of aromatic amines is 1. The largest absolute Gasteiger partial charge is 0.464 e. The monoisotopic (exact) mass is 1420 g/mol. The Morgan fingerprint density at radius 1 is 0.308 bits per heavy atom. The van der Waals surface area contributed by atoms with Crippen molar-refractivity contribution in [3.8, 4) is 146 Å². The summed E-state index contributed by atoms with van der Waals surface area (Å²) in [4.78, 5) is 13.3. The van der Waals surface area contributed by atoms with Crippen molar-refractivity contribution in [2.45, 2.75) is 54.2 Å². The lowest BCUT2D eigenvalue weighted by molar-refractivity contribution is -0.719. The van der Waals surface area contributed by atoms with Crippen LogP contribution < -0.4 is 55.8 Å². The van der Waals surface area contributed by atoms with Crippen molar-refractivity contribution in [2.24, 2.45) is 0 Å². The summed E-state index contributed by atoms with van der Waals surface area (Å²) in [6.07, 6.45) is 19.4. The summed E-state index contributed by atoms with van der Waals surface area (Å²) >= 11 is 1.74. The molecule has 6 aromatic carbocycles. The Morgan fingerprint density at radius 3 is 1.21 bits per heavy atom. The van der Waals surface area contributed by atoms with Gasteiger partial charge in [0.2, 0.25) is 35.2 Å². The number of para-hydroxylation sites is 6. The first-order valence-corrected chi connectivity index (χ1v) is 36.2. The Balaban J connectivity index is 0.0000000946. The highest BCUT2D eigenvalue weighted by atomic mass is 32.1. The number of furan rings is 1. The van der Waals surface area contributed by atoms with Gasteiger partial charge in [-0.15, -0.1) is 11.3 Å². The molecule has 0 fully saturated rings. The lowest BCUT2D eigenvalue weighted by atomic mass is 10.0. The van der Waals surface area contributed by atoms with Gasteiger partial charge in [0.25, 0.3) is 33.7 Å². The second kappa shape index (κ2) is 30.4. The smallest absolute Gasteiger partial charge is 0.336 e. The Morgan fingerprint density at radius 2 is 0.720 bits per heavy atom. The second-order valence-corrected chi connectivity index (χ2v) is 26.7. The van der Waals surface area contributed by atoms with Crippen molar-refractivity contribution in [1.82, 2.24) is 15.0 Å². The first kappa shape index (κ1) is 66.6. The fourth-order valence-electron chi connectivity index (χ4n) is 14.0. The number of H-pyrrole nitrogens is 1.